The summed E-state index contributed by atoms with van der Waals surface area (Å²) in [4.78, 5) is 20.8. The van der Waals surface area contributed by atoms with Crippen LogP contribution in [0.15, 0.2) is 15.4 Å². The molecule has 72 valence electrons. The van der Waals surface area contributed by atoms with Crippen LogP contribution in [0.25, 0.3) is 0 Å². The first-order valence-electron chi connectivity index (χ1n) is 3.75. The number of carboxylic acids is 1. The van der Waals surface area contributed by atoms with Gasteiger partial charge in [-0.2, -0.15) is 0 Å². The third kappa shape index (κ3) is 2.75. The van der Waals surface area contributed by atoms with E-state index in [9.17, 15) is 9.59 Å². The van der Waals surface area contributed by atoms with Gasteiger partial charge in [-0.1, -0.05) is 0 Å². The minimum atomic E-state index is -1.05. The molecule has 13 heavy (non-hydrogen) atoms. The molecule has 0 fully saturated rings. The number of H-pyrrole nitrogens is 1. The fourth-order valence-corrected chi connectivity index (χ4v) is 0.875. The maximum absolute atomic E-state index is 10.5. The van der Waals surface area contributed by atoms with E-state index < -0.39 is 17.6 Å². The highest BCUT2D eigenvalue weighted by Gasteiger charge is 2.11. The normalized spacial score (nSPS) is 12.7. The van der Waals surface area contributed by atoms with Gasteiger partial charge >= 0.3 is 11.6 Å². The van der Waals surface area contributed by atoms with Crippen molar-refractivity contribution >= 4 is 5.97 Å². The first kappa shape index (κ1) is 9.53. The Kier molecular flexibility index (Phi) is 2.86. The Labute approximate surface area is 73.3 Å². The molecule has 0 saturated carbocycles. The molecule has 0 aliphatic rings. The number of nitrogens with two attached hydrogens (primary N) is 1. The zero-order valence-electron chi connectivity index (χ0n) is 6.82. The average molecular weight is 186 g/mol. The third-order valence-corrected chi connectivity index (χ3v) is 1.62. The van der Waals surface area contributed by atoms with Crippen LogP contribution in [0.1, 0.15) is 12.1 Å². The summed E-state index contributed by atoms with van der Waals surface area (Å²) in [7, 11) is 0. The maximum atomic E-state index is 10.5. The molecular weight excluding hydrogens is 176 g/mol. The van der Waals surface area contributed by atoms with Crippen molar-refractivity contribution in [2.24, 2.45) is 5.73 Å². The summed E-state index contributed by atoms with van der Waals surface area (Å²) in [5.74, 6) is -1.05. The smallest absolute Gasteiger partial charge is 0.357 e. The van der Waals surface area contributed by atoms with Crippen molar-refractivity contribution < 1.29 is 14.4 Å². The molecular formula is C7H10N2O4. The fraction of sp³-hybridized carbons (Fsp3) is 0.429. The Hall–Kier alpha value is -1.56. The number of hydrogen-bond acceptors (Lipinski definition) is 4. The molecule has 0 amide bonds. The second kappa shape index (κ2) is 3.90. The summed E-state index contributed by atoms with van der Waals surface area (Å²) in [6, 6.07) is 0.368. The van der Waals surface area contributed by atoms with E-state index in [1.54, 1.807) is 0 Å². The van der Waals surface area contributed by atoms with Gasteiger partial charge in [0, 0.05) is 6.07 Å². The highest BCUT2D eigenvalue weighted by molar-refractivity contribution is 5.72. The average Bonchev–Trinajstić information content (AvgIpc) is 2.47. The zero-order chi connectivity index (χ0) is 9.84. The molecule has 4 N–H and O–H groups in total. The minimum Gasteiger partial charge on any atom is -0.480 e. The molecule has 1 rings (SSSR count). The van der Waals surface area contributed by atoms with Crippen LogP contribution in [0.5, 0.6) is 0 Å². The highest BCUT2D eigenvalue weighted by Crippen LogP contribution is 1.98. The topological polar surface area (TPSA) is 109 Å². The van der Waals surface area contributed by atoms with Crippen molar-refractivity contribution in [3.63, 3.8) is 0 Å². The van der Waals surface area contributed by atoms with Crippen LogP contribution in [0.3, 0.4) is 0 Å². The third-order valence-electron chi connectivity index (χ3n) is 1.62. The van der Waals surface area contributed by atoms with Gasteiger partial charge in [0.05, 0.1) is 5.69 Å². The molecule has 0 radical (unpaired) electrons. The monoisotopic (exact) mass is 186 g/mol. The minimum absolute atomic E-state index is 0.269. The number of hydrogen-bond donors (Lipinski definition) is 3. The summed E-state index contributed by atoms with van der Waals surface area (Å²) in [6.07, 6.45) is 0.657. The number of aryl methyl sites for hydroxylation is 1. The number of aliphatic carboxylic acids is 1. The summed E-state index contributed by atoms with van der Waals surface area (Å²) >= 11 is 0. The van der Waals surface area contributed by atoms with Crippen LogP contribution in [0.2, 0.25) is 0 Å². The van der Waals surface area contributed by atoms with E-state index in [1.165, 1.54) is 6.07 Å². The quantitative estimate of drug-likeness (QED) is 0.576. The molecule has 1 unspecified atom stereocenters. The number of carboxylic acid groups (broad SMARTS) is 1. The van der Waals surface area contributed by atoms with Gasteiger partial charge in [0.25, 0.3) is 0 Å². The van der Waals surface area contributed by atoms with E-state index in [0.29, 0.717) is 12.1 Å². The van der Waals surface area contributed by atoms with Crippen LogP contribution in [0.4, 0.5) is 0 Å². The Bertz CT molecular complexity index is 340. The van der Waals surface area contributed by atoms with Gasteiger partial charge in [-0.05, 0) is 12.8 Å². The maximum Gasteiger partial charge on any atom is 0.357 e. The summed E-state index contributed by atoms with van der Waals surface area (Å²) in [5.41, 5.74) is 5.33. The summed E-state index contributed by atoms with van der Waals surface area (Å²) in [6.45, 7) is 0. The van der Waals surface area contributed by atoms with Crippen molar-refractivity contribution in [3.05, 3.63) is 22.2 Å². The molecule has 6 heteroatoms. The van der Waals surface area contributed by atoms with Crippen molar-refractivity contribution in [2.45, 2.75) is 18.9 Å². The lowest BCUT2D eigenvalue weighted by Gasteiger charge is -2.02. The number of nitrogens with one attached hydrogen (secondary N) is 1. The SMILES string of the molecule is NC(CCc1cc(=O)o[nH]1)C(=O)O. The Balaban J connectivity index is 2.43. The largest absolute Gasteiger partial charge is 0.480 e. The van der Waals surface area contributed by atoms with Gasteiger partial charge in [-0.25, -0.2) is 9.95 Å². The van der Waals surface area contributed by atoms with Gasteiger partial charge in [0.1, 0.15) is 6.04 Å². The van der Waals surface area contributed by atoms with Gasteiger partial charge < -0.3 is 15.4 Å². The number of rotatable bonds is 4. The predicted molar refractivity (Wildman–Crippen MR) is 43.3 cm³/mol. The second-order valence-electron chi connectivity index (χ2n) is 2.68. The molecule has 1 heterocycles. The fourth-order valence-electron chi connectivity index (χ4n) is 0.875. The Morgan fingerprint density at radius 3 is 2.92 bits per heavy atom. The van der Waals surface area contributed by atoms with E-state index in [4.69, 9.17) is 10.8 Å². The lowest BCUT2D eigenvalue weighted by Crippen LogP contribution is -2.30. The summed E-state index contributed by atoms with van der Waals surface area (Å²) in [5, 5.41) is 10.8. The van der Waals surface area contributed by atoms with E-state index in [1.807, 2.05) is 0 Å². The van der Waals surface area contributed by atoms with Crippen LogP contribution in [0, 0.1) is 0 Å². The molecule has 0 spiro atoms. The molecule has 0 bridgehead atoms. The molecule has 0 aromatic carbocycles. The number of carbonyl (C=O) groups is 1. The first-order valence-corrected chi connectivity index (χ1v) is 3.75. The van der Waals surface area contributed by atoms with Crippen LogP contribution < -0.4 is 11.4 Å². The summed E-state index contributed by atoms with van der Waals surface area (Å²) < 4.78 is 4.39. The van der Waals surface area contributed by atoms with Crippen LogP contribution in [-0.4, -0.2) is 22.3 Å². The lowest BCUT2D eigenvalue weighted by atomic mass is 10.1. The van der Waals surface area contributed by atoms with Crippen LogP contribution in [-0.2, 0) is 11.2 Å². The van der Waals surface area contributed by atoms with Crippen molar-refractivity contribution in [1.82, 2.24) is 5.16 Å². The predicted octanol–water partition coefficient (Wildman–Crippen LogP) is -0.688. The Morgan fingerprint density at radius 1 is 1.77 bits per heavy atom. The van der Waals surface area contributed by atoms with Gasteiger partial charge in [-0.3, -0.25) is 4.79 Å². The van der Waals surface area contributed by atoms with Crippen LogP contribution >= 0.6 is 0 Å². The van der Waals surface area contributed by atoms with Crippen molar-refractivity contribution in [3.8, 4) is 0 Å². The van der Waals surface area contributed by atoms with E-state index in [-0.39, 0.29) is 6.42 Å². The molecule has 1 aromatic heterocycles. The number of aromatic nitrogens is 1. The Morgan fingerprint density at radius 2 is 2.46 bits per heavy atom. The number of aromatic amines is 1. The first-order chi connectivity index (χ1) is 6.09. The van der Waals surface area contributed by atoms with Crippen molar-refractivity contribution in [2.75, 3.05) is 0 Å². The molecule has 0 saturated heterocycles. The standard InChI is InChI=1S/C7H10N2O4/c8-5(7(11)12)2-1-4-3-6(10)13-9-4/h3,5,9H,1-2,8H2,(H,11,12). The second-order valence-corrected chi connectivity index (χ2v) is 2.68. The van der Waals surface area contributed by atoms with Gasteiger partial charge in [0.2, 0.25) is 0 Å². The molecule has 1 aromatic rings. The highest BCUT2D eigenvalue weighted by atomic mass is 16.5. The molecule has 6 nitrogen and oxygen atoms in total. The molecule has 0 aliphatic heterocycles. The van der Waals surface area contributed by atoms with Crippen molar-refractivity contribution in [1.29, 1.82) is 0 Å². The molecule has 0 aliphatic carbocycles. The zero-order valence-corrected chi connectivity index (χ0v) is 6.82. The lowest BCUT2D eigenvalue weighted by molar-refractivity contribution is -0.138. The van der Waals surface area contributed by atoms with E-state index in [0.717, 1.165) is 0 Å². The van der Waals surface area contributed by atoms with E-state index >= 15 is 0 Å². The van der Waals surface area contributed by atoms with E-state index in [2.05, 4.69) is 9.68 Å². The molecule has 1 atom stereocenters. The van der Waals surface area contributed by atoms with Gasteiger partial charge in [-0.15, -0.1) is 0 Å². The van der Waals surface area contributed by atoms with Gasteiger partial charge in [0.15, 0.2) is 0 Å².